The minimum atomic E-state index is -0.560. The first-order valence-corrected chi connectivity index (χ1v) is 10.7. The number of rotatable bonds is 4. The first-order chi connectivity index (χ1) is 15.3. The van der Waals surface area contributed by atoms with Gasteiger partial charge in [0.05, 0.1) is 37.2 Å². The Labute approximate surface area is 194 Å². The third-order valence-electron chi connectivity index (χ3n) is 5.48. The van der Waals surface area contributed by atoms with Crippen LogP contribution in [-0.4, -0.2) is 41.2 Å². The molecule has 0 amide bonds. The monoisotopic (exact) mass is 449 g/mol. The van der Waals surface area contributed by atoms with Crippen LogP contribution in [0.15, 0.2) is 42.6 Å². The predicted molar refractivity (Wildman–Crippen MR) is 127 cm³/mol. The summed E-state index contributed by atoms with van der Waals surface area (Å²) in [7, 11) is 2.57. The highest BCUT2D eigenvalue weighted by atomic mass is 16.5. The van der Waals surface area contributed by atoms with E-state index in [0.29, 0.717) is 11.4 Å². The van der Waals surface area contributed by atoms with Gasteiger partial charge in [0, 0.05) is 5.56 Å². The lowest BCUT2D eigenvalue weighted by atomic mass is 9.79. The number of nitrogens with zero attached hydrogens (tertiary/aromatic N) is 3. The molecule has 0 saturated heterocycles. The van der Waals surface area contributed by atoms with E-state index in [9.17, 15) is 9.59 Å². The summed E-state index contributed by atoms with van der Waals surface area (Å²) in [6.07, 6.45) is 1.78. The van der Waals surface area contributed by atoms with Gasteiger partial charge >= 0.3 is 11.9 Å². The van der Waals surface area contributed by atoms with E-state index in [4.69, 9.17) is 9.47 Å². The Kier molecular flexibility index (Phi) is 6.45. The van der Waals surface area contributed by atoms with Crippen molar-refractivity contribution in [3.8, 4) is 16.9 Å². The molecule has 0 aliphatic rings. The zero-order valence-electron chi connectivity index (χ0n) is 20.5. The summed E-state index contributed by atoms with van der Waals surface area (Å²) < 4.78 is 11.2. The van der Waals surface area contributed by atoms with E-state index in [1.807, 2.05) is 0 Å². The normalized spacial score (nSPS) is 11.9. The van der Waals surface area contributed by atoms with Crippen LogP contribution in [0.5, 0.6) is 0 Å². The van der Waals surface area contributed by atoms with E-state index in [0.717, 1.165) is 5.56 Å². The summed E-state index contributed by atoms with van der Waals surface area (Å²) in [4.78, 5) is 24.3. The lowest BCUT2D eigenvalue weighted by Crippen LogP contribution is -2.16. The van der Waals surface area contributed by atoms with Gasteiger partial charge in [-0.2, -0.15) is 0 Å². The third-order valence-corrected chi connectivity index (χ3v) is 5.48. The number of aromatic nitrogens is 3. The molecule has 0 N–H and O–H groups in total. The molecule has 3 rings (SSSR count). The van der Waals surface area contributed by atoms with Crippen molar-refractivity contribution in [3.05, 3.63) is 64.8 Å². The van der Waals surface area contributed by atoms with E-state index < -0.39 is 11.9 Å². The van der Waals surface area contributed by atoms with Crippen molar-refractivity contribution >= 4 is 11.9 Å². The molecule has 0 unspecified atom stereocenters. The summed E-state index contributed by atoms with van der Waals surface area (Å²) in [5, 5.41) is 8.64. The van der Waals surface area contributed by atoms with Crippen molar-refractivity contribution < 1.29 is 19.1 Å². The fraction of sp³-hybridized carbons (Fsp3) is 0.385. The summed E-state index contributed by atoms with van der Waals surface area (Å²) in [5.74, 6) is -1.12. The lowest BCUT2D eigenvalue weighted by molar-refractivity contribution is 0.0599. The Morgan fingerprint density at radius 2 is 1.24 bits per heavy atom. The van der Waals surface area contributed by atoms with E-state index in [-0.39, 0.29) is 22.0 Å². The van der Waals surface area contributed by atoms with Crippen LogP contribution in [-0.2, 0) is 20.3 Å². The Bertz CT molecular complexity index is 1130. The van der Waals surface area contributed by atoms with Gasteiger partial charge in [-0.25, -0.2) is 14.3 Å². The molecule has 3 aromatic rings. The Morgan fingerprint density at radius 1 is 0.758 bits per heavy atom. The fourth-order valence-electron chi connectivity index (χ4n) is 3.38. The number of esters is 2. The van der Waals surface area contributed by atoms with E-state index in [1.165, 1.54) is 36.1 Å². The highest BCUT2D eigenvalue weighted by Gasteiger charge is 2.22. The molecule has 2 aromatic carbocycles. The number of carbonyl (C=O) groups is 2. The van der Waals surface area contributed by atoms with Crippen molar-refractivity contribution in [2.45, 2.75) is 52.4 Å². The van der Waals surface area contributed by atoms with E-state index >= 15 is 0 Å². The zero-order chi connectivity index (χ0) is 24.6. The van der Waals surface area contributed by atoms with Crippen LogP contribution in [0.25, 0.3) is 16.9 Å². The van der Waals surface area contributed by atoms with E-state index in [1.54, 1.807) is 18.3 Å². The number of ether oxygens (including phenoxy) is 2. The van der Waals surface area contributed by atoms with Crippen LogP contribution in [0, 0.1) is 0 Å². The van der Waals surface area contributed by atoms with Crippen LogP contribution in [0.1, 0.15) is 73.4 Å². The molecule has 7 heteroatoms. The number of benzene rings is 2. The first kappa shape index (κ1) is 24.2. The molecule has 1 aromatic heterocycles. The molecule has 0 aliphatic carbocycles. The Hall–Kier alpha value is -3.48. The third kappa shape index (κ3) is 5.30. The minimum absolute atomic E-state index is 0.0315. The van der Waals surface area contributed by atoms with Gasteiger partial charge in [0.25, 0.3) is 0 Å². The largest absolute Gasteiger partial charge is 0.465 e. The van der Waals surface area contributed by atoms with Crippen LogP contribution in [0.2, 0.25) is 0 Å². The summed E-state index contributed by atoms with van der Waals surface area (Å²) in [5.41, 5.74) is 4.94. The van der Waals surface area contributed by atoms with Crippen LogP contribution < -0.4 is 0 Å². The smallest absolute Gasteiger partial charge is 0.337 e. The van der Waals surface area contributed by atoms with Gasteiger partial charge in [0.15, 0.2) is 0 Å². The highest BCUT2D eigenvalue weighted by Crippen LogP contribution is 2.33. The van der Waals surface area contributed by atoms with Gasteiger partial charge in [-0.05, 0) is 52.3 Å². The number of methoxy groups -OCH3 is 2. The Balaban J connectivity index is 2.13. The van der Waals surface area contributed by atoms with Crippen molar-refractivity contribution in [1.29, 1.82) is 0 Å². The van der Waals surface area contributed by atoms with Gasteiger partial charge in [-0.15, -0.1) is 5.10 Å². The molecule has 0 aliphatic heterocycles. The van der Waals surface area contributed by atoms with Crippen LogP contribution in [0.4, 0.5) is 0 Å². The Morgan fingerprint density at radius 3 is 1.67 bits per heavy atom. The molecule has 1 heterocycles. The maximum absolute atomic E-state index is 12.1. The van der Waals surface area contributed by atoms with E-state index in [2.05, 4.69) is 70.1 Å². The first-order valence-electron chi connectivity index (χ1n) is 10.7. The van der Waals surface area contributed by atoms with Gasteiger partial charge in [0.2, 0.25) is 0 Å². The quantitative estimate of drug-likeness (QED) is 0.515. The van der Waals surface area contributed by atoms with Gasteiger partial charge in [0.1, 0.15) is 5.69 Å². The van der Waals surface area contributed by atoms with Crippen LogP contribution >= 0.6 is 0 Å². The van der Waals surface area contributed by atoms with Crippen molar-refractivity contribution in [2.24, 2.45) is 0 Å². The van der Waals surface area contributed by atoms with Crippen molar-refractivity contribution in [3.63, 3.8) is 0 Å². The molecule has 0 spiro atoms. The lowest BCUT2D eigenvalue weighted by Gasteiger charge is -2.26. The topological polar surface area (TPSA) is 83.3 Å². The molecule has 33 heavy (non-hydrogen) atoms. The number of hydrogen-bond donors (Lipinski definition) is 0. The van der Waals surface area contributed by atoms with Crippen LogP contribution in [0.3, 0.4) is 0 Å². The second kappa shape index (κ2) is 8.81. The predicted octanol–water partition coefficient (Wildman–Crippen LogP) is 5.10. The molecule has 0 saturated carbocycles. The summed E-state index contributed by atoms with van der Waals surface area (Å²) >= 11 is 0. The number of hydrogen-bond acceptors (Lipinski definition) is 6. The molecule has 0 fully saturated rings. The van der Waals surface area contributed by atoms with Gasteiger partial charge < -0.3 is 9.47 Å². The SMILES string of the molecule is COC(=O)c1cc(C(=O)OC)cc(-n2cc(-c3cc(C(C)(C)C)cc(C(C)(C)C)c3)nn2)c1. The molecule has 7 nitrogen and oxygen atoms in total. The van der Waals surface area contributed by atoms with Gasteiger partial charge in [-0.3, -0.25) is 0 Å². The average Bonchev–Trinajstić information content (AvgIpc) is 3.26. The molecular formula is C26H31N3O4. The average molecular weight is 450 g/mol. The molecule has 174 valence electrons. The maximum atomic E-state index is 12.1. The van der Waals surface area contributed by atoms with Gasteiger partial charge in [-0.1, -0.05) is 52.8 Å². The van der Waals surface area contributed by atoms with Crippen molar-refractivity contribution in [1.82, 2.24) is 15.0 Å². The molecule has 0 bridgehead atoms. The fourth-order valence-corrected chi connectivity index (χ4v) is 3.38. The second-order valence-electron chi connectivity index (χ2n) is 10.1. The summed E-state index contributed by atoms with van der Waals surface area (Å²) in [6, 6.07) is 11.1. The molecule has 0 atom stereocenters. The highest BCUT2D eigenvalue weighted by molar-refractivity contribution is 5.96. The van der Waals surface area contributed by atoms with Crippen molar-refractivity contribution in [2.75, 3.05) is 14.2 Å². The molecule has 0 radical (unpaired) electrons. The zero-order valence-corrected chi connectivity index (χ0v) is 20.5. The maximum Gasteiger partial charge on any atom is 0.337 e. The summed E-state index contributed by atoms with van der Waals surface area (Å²) in [6.45, 7) is 13.1. The second-order valence-corrected chi connectivity index (χ2v) is 10.1. The molecular weight excluding hydrogens is 418 g/mol. The minimum Gasteiger partial charge on any atom is -0.465 e. The standard InChI is InChI=1S/C26H31N3O4/c1-25(2,3)19-10-16(11-20(14-19)26(4,5)6)22-15-29(28-27-22)21-12-17(23(30)32-7)9-18(13-21)24(31)33-8/h9-15H,1-8H3. The number of carbonyl (C=O) groups excluding carboxylic acids is 2.